The number of amides is 1. The van der Waals surface area contributed by atoms with E-state index in [4.69, 9.17) is 0 Å². The van der Waals surface area contributed by atoms with Gasteiger partial charge in [-0.05, 0) is 35.7 Å². The van der Waals surface area contributed by atoms with Crippen LogP contribution in [0.25, 0.3) is 10.8 Å². The maximum atomic E-state index is 12.4. The number of rotatable bonds is 4. The summed E-state index contributed by atoms with van der Waals surface area (Å²) in [5.41, 5.74) is 3.42. The summed E-state index contributed by atoms with van der Waals surface area (Å²) in [4.78, 5) is 12.4. The molecule has 0 aromatic heterocycles. The Hall–Kier alpha value is -2.61. The summed E-state index contributed by atoms with van der Waals surface area (Å²) in [5.74, 6) is 0.0504. The Morgan fingerprint density at radius 1 is 0.957 bits per heavy atom. The van der Waals surface area contributed by atoms with Gasteiger partial charge >= 0.3 is 0 Å². The first-order valence-electron chi connectivity index (χ1n) is 7.96. The Morgan fingerprint density at radius 2 is 1.65 bits per heavy atom. The number of fused-ring (bicyclic) bond motifs is 1. The molecule has 116 valence electrons. The van der Waals surface area contributed by atoms with Gasteiger partial charge in [-0.3, -0.25) is 4.79 Å². The highest BCUT2D eigenvalue weighted by molar-refractivity contribution is 5.90. The molecule has 3 rings (SSSR count). The number of nitrogens with one attached hydrogen (secondary N) is 1. The molecule has 0 saturated heterocycles. The van der Waals surface area contributed by atoms with Crippen LogP contribution in [0.4, 0.5) is 0 Å². The summed E-state index contributed by atoms with van der Waals surface area (Å²) in [7, 11) is 0. The first kappa shape index (κ1) is 15.3. The summed E-state index contributed by atoms with van der Waals surface area (Å²) >= 11 is 0. The van der Waals surface area contributed by atoms with Crippen molar-refractivity contribution in [3.8, 4) is 0 Å². The maximum absolute atomic E-state index is 12.4. The van der Waals surface area contributed by atoms with Gasteiger partial charge in [0.1, 0.15) is 0 Å². The Kier molecular flexibility index (Phi) is 4.42. The summed E-state index contributed by atoms with van der Waals surface area (Å²) in [6.07, 6.45) is 0.400. The molecule has 0 heterocycles. The van der Waals surface area contributed by atoms with Crippen LogP contribution >= 0.6 is 0 Å². The predicted molar refractivity (Wildman–Crippen MR) is 95.4 cm³/mol. The zero-order valence-electron chi connectivity index (χ0n) is 13.5. The molecular weight excluding hydrogens is 282 g/mol. The lowest BCUT2D eigenvalue weighted by atomic mass is 10.0. The monoisotopic (exact) mass is 303 g/mol. The van der Waals surface area contributed by atoms with Gasteiger partial charge in [-0.15, -0.1) is 0 Å². The van der Waals surface area contributed by atoms with E-state index < -0.39 is 0 Å². The second kappa shape index (κ2) is 6.66. The van der Waals surface area contributed by atoms with Crippen molar-refractivity contribution in [3.05, 3.63) is 83.4 Å². The van der Waals surface area contributed by atoms with E-state index in [0.717, 1.165) is 16.5 Å². The molecule has 1 amide bonds. The average molecular weight is 303 g/mol. The molecule has 0 aliphatic heterocycles. The van der Waals surface area contributed by atoms with Crippen molar-refractivity contribution in [1.82, 2.24) is 5.32 Å². The molecule has 0 bridgehead atoms. The van der Waals surface area contributed by atoms with Gasteiger partial charge in [0.05, 0.1) is 12.5 Å². The number of carbonyl (C=O) groups excluding carboxylic acids is 1. The van der Waals surface area contributed by atoms with Crippen LogP contribution in [0.1, 0.15) is 29.7 Å². The fourth-order valence-electron chi connectivity index (χ4n) is 2.85. The standard InChI is InChI=1S/C21H21NO/c1-15-10-12-17(13-11-15)16(2)22-21(23)14-19-8-5-7-18-6-3-4-9-20(18)19/h3-13,16H,14H2,1-2H3,(H,22,23). The molecule has 2 nitrogen and oxygen atoms in total. The lowest BCUT2D eigenvalue weighted by molar-refractivity contribution is -0.121. The number of benzene rings is 3. The van der Waals surface area contributed by atoms with Crippen LogP contribution in [0.15, 0.2) is 66.7 Å². The van der Waals surface area contributed by atoms with Crippen molar-refractivity contribution in [2.75, 3.05) is 0 Å². The van der Waals surface area contributed by atoms with Crippen molar-refractivity contribution in [1.29, 1.82) is 0 Å². The Morgan fingerprint density at radius 3 is 2.43 bits per heavy atom. The lowest BCUT2D eigenvalue weighted by Crippen LogP contribution is -2.28. The van der Waals surface area contributed by atoms with Crippen LogP contribution in [-0.4, -0.2) is 5.91 Å². The van der Waals surface area contributed by atoms with Gasteiger partial charge in [0.25, 0.3) is 0 Å². The summed E-state index contributed by atoms with van der Waals surface area (Å²) in [6.45, 7) is 4.08. The zero-order valence-corrected chi connectivity index (χ0v) is 13.5. The minimum absolute atomic E-state index is 0.0121. The molecule has 1 unspecified atom stereocenters. The van der Waals surface area contributed by atoms with Gasteiger partial charge in [0.2, 0.25) is 5.91 Å². The molecule has 1 N–H and O–H groups in total. The lowest BCUT2D eigenvalue weighted by Gasteiger charge is -2.15. The molecule has 0 spiro atoms. The molecule has 23 heavy (non-hydrogen) atoms. The van der Waals surface area contributed by atoms with Gasteiger partial charge in [0.15, 0.2) is 0 Å². The smallest absolute Gasteiger partial charge is 0.224 e. The Labute approximate surface area is 137 Å². The topological polar surface area (TPSA) is 29.1 Å². The number of carbonyl (C=O) groups is 1. The van der Waals surface area contributed by atoms with Crippen LogP contribution in [0.2, 0.25) is 0 Å². The van der Waals surface area contributed by atoms with Gasteiger partial charge in [-0.2, -0.15) is 0 Å². The van der Waals surface area contributed by atoms with Gasteiger partial charge in [-0.25, -0.2) is 0 Å². The fraction of sp³-hybridized carbons (Fsp3) is 0.190. The highest BCUT2D eigenvalue weighted by atomic mass is 16.1. The fourth-order valence-corrected chi connectivity index (χ4v) is 2.85. The molecule has 3 aromatic carbocycles. The molecule has 0 saturated carbocycles. The van der Waals surface area contributed by atoms with E-state index in [9.17, 15) is 4.79 Å². The van der Waals surface area contributed by atoms with Crippen LogP contribution in [0.5, 0.6) is 0 Å². The third kappa shape index (κ3) is 3.59. The summed E-state index contributed by atoms with van der Waals surface area (Å²) in [5, 5.41) is 5.41. The molecular formula is C21H21NO. The molecule has 0 aliphatic carbocycles. The van der Waals surface area contributed by atoms with Crippen LogP contribution in [0, 0.1) is 6.92 Å². The summed E-state index contributed by atoms with van der Waals surface area (Å²) in [6, 6.07) is 22.6. The maximum Gasteiger partial charge on any atom is 0.224 e. The van der Waals surface area contributed by atoms with Crippen molar-refractivity contribution in [2.45, 2.75) is 26.3 Å². The normalized spacial score (nSPS) is 12.1. The van der Waals surface area contributed by atoms with Crippen molar-refractivity contribution in [2.24, 2.45) is 0 Å². The minimum atomic E-state index is 0.0121. The zero-order chi connectivity index (χ0) is 16.2. The van der Waals surface area contributed by atoms with E-state index in [0.29, 0.717) is 6.42 Å². The third-order valence-electron chi connectivity index (χ3n) is 4.19. The van der Waals surface area contributed by atoms with E-state index in [1.165, 1.54) is 10.9 Å². The van der Waals surface area contributed by atoms with Crippen molar-refractivity contribution < 1.29 is 4.79 Å². The van der Waals surface area contributed by atoms with Gasteiger partial charge in [-0.1, -0.05) is 72.3 Å². The van der Waals surface area contributed by atoms with Crippen LogP contribution < -0.4 is 5.32 Å². The largest absolute Gasteiger partial charge is 0.349 e. The number of hydrogen-bond acceptors (Lipinski definition) is 1. The van der Waals surface area contributed by atoms with Crippen molar-refractivity contribution in [3.63, 3.8) is 0 Å². The van der Waals surface area contributed by atoms with Crippen molar-refractivity contribution >= 4 is 16.7 Å². The quantitative estimate of drug-likeness (QED) is 0.751. The third-order valence-corrected chi connectivity index (χ3v) is 4.19. The first-order chi connectivity index (χ1) is 11.1. The van der Waals surface area contributed by atoms with Crippen LogP contribution in [0.3, 0.4) is 0 Å². The molecule has 0 fully saturated rings. The molecule has 0 aliphatic rings. The van der Waals surface area contributed by atoms with E-state index in [2.05, 4.69) is 54.7 Å². The number of aryl methyl sites for hydroxylation is 1. The van der Waals surface area contributed by atoms with Crippen LogP contribution in [-0.2, 0) is 11.2 Å². The molecule has 0 radical (unpaired) electrons. The van der Waals surface area contributed by atoms with Gasteiger partial charge in [0, 0.05) is 0 Å². The SMILES string of the molecule is Cc1ccc(C(C)NC(=O)Cc2cccc3ccccc23)cc1. The second-order valence-corrected chi connectivity index (χ2v) is 6.01. The predicted octanol–water partition coefficient (Wildman–Crippen LogP) is 4.57. The second-order valence-electron chi connectivity index (χ2n) is 6.01. The van der Waals surface area contributed by atoms with E-state index in [1.54, 1.807) is 0 Å². The Balaban J connectivity index is 1.72. The molecule has 2 heteroatoms. The molecule has 1 atom stereocenters. The molecule has 3 aromatic rings. The minimum Gasteiger partial charge on any atom is -0.349 e. The van der Waals surface area contributed by atoms with E-state index >= 15 is 0 Å². The summed E-state index contributed by atoms with van der Waals surface area (Å²) < 4.78 is 0. The highest BCUT2D eigenvalue weighted by Crippen LogP contribution is 2.19. The van der Waals surface area contributed by atoms with E-state index in [1.807, 2.05) is 31.2 Å². The highest BCUT2D eigenvalue weighted by Gasteiger charge is 2.11. The van der Waals surface area contributed by atoms with Gasteiger partial charge < -0.3 is 5.32 Å². The van der Waals surface area contributed by atoms with E-state index in [-0.39, 0.29) is 11.9 Å². The number of hydrogen-bond donors (Lipinski definition) is 1. The average Bonchev–Trinajstić information content (AvgIpc) is 2.55. The Bertz CT molecular complexity index is 815. The first-order valence-corrected chi connectivity index (χ1v) is 7.96.